The minimum absolute atomic E-state index is 0.318. The maximum atomic E-state index is 13.3. The summed E-state index contributed by atoms with van der Waals surface area (Å²) in [4.78, 5) is 0. The van der Waals surface area contributed by atoms with Gasteiger partial charge >= 0.3 is 0 Å². The van der Waals surface area contributed by atoms with Crippen molar-refractivity contribution in [2.24, 2.45) is 5.92 Å². The number of benzene rings is 1. The molecule has 1 nitrogen and oxygen atoms in total. The van der Waals surface area contributed by atoms with Crippen molar-refractivity contribution in [1.29, 1.82) is 0 Å². The second-order valence-electron chi connectivity index (χ2n) is 4.11. The van der Waals surface area contributed by atoms with Gasteiger partial charge in [0.25, 0.3) is 0 Å². The van der Waals surface area contributed by atoms with Crippen LogP contribution in [-0.4, -0.2) is 5.11 Å². The molecular formula is C13H18BrFO. The van der Waals surface area contributed by atoms with Crippen LogP contribution >= 0.6 is 15.9 Å². The first kappa shape index (κ1) is 13.7. The molecule has 0 saturated heterocycles. The zero-order valence-corrected chi connectivity index (χ0v) is 11.3. The Morgan fingerprint density at radius 2 is 1.94 bits per heavy atom. The first-order valence-electron chi connectivity index (χ1n) is 5.71. The molecule has 0 aliphatic carbocycles. The fraction of sp³-hybridized carbons (Fsp3) is 0.538. The molecule has 0 heterocycles. The predicted molar refractivity (Wildman–Crippen MR) is 67.7 cm³/mol. The van der Waals surface area contributed by atoms with Crippen LogP contribution in [0.2, 0.25) is 0 Å². The van der Waals surface area contributed by atoms with Gasteiger partial charge in [-0.25, -0.2) is 4.39 Å². The SMILES string of the molecule is CCC(CC)CC(O)c1ccc(Br)c(F)c1. The van der Waals surface area contributed by atoms with Crippen LogP contribution in [0.1, 0.15) is 44.8 Å². The molecule has 3 heteroatoms. The van der Waals surface area contributed by atoms with E-state index in [2.05, 4.69) is 29.8 Å². The Kier molecular flexibility index (Phi) is 5.42. The van der Waals surface area contributed by atoms with E-state index in [1.54, 1.807) is 12.1 Å². The lowest BCUT2D eigenvalue weighted by molar-refractivity contribution is 0.141. The Morgan fingerprint density at radius 3 is 2.44 bits per heavy atom. The lowest BCUT2D eigenvalue weighted by Crippen LogP contribution is -2.06. The molecule has 0 amide bonds. The molecule has 0 saturated carbocycles. The first-order chi connectivity index (χ1) is 7.58. The molecule has 1 aromatic carbocycles. The summed E-state index contributed by atoms with van der Waals surface area (Å²) in [5.74, 6) is 0.183. The molecule has 0 aromatic heterocycles. The van der Waals surface area contributed by atoms with Crippen molar-refractivity contribution in [2.75, 3.05) is 0 Å². The van der Waals surface area contributed by atoms with Crippen molar-refractivity contribution in [3.8, 4) is 0 Å². The van der Waals surface area contributed by atoms with Crippen LogP contribution in [-0.2, 0) is 0 Å². The Hall–Kier alpha value is -0.410. The van der Waals surface area contributed by atoms with Gasteiger partial charge in [0.1, 0.15) is 5.82 Å². The fourth-order valence-corrected chi connectivity index (χ4v) is 2.04. The van der Waals surface area contributed by atoms with Gasteiger partial charge in [-0.1, -0.05) is 32.8 Å². The molecule has 1 aromatic rings. The van der Waals surface area contributed by atoms with E-state index >= 15 is 0 Å². The summed E-state index contributed by atoms with van der Waals surface area (Å²) in [6, 6.07) is 4.80. The molecule has 0 spiro atoms. The van der Waals surface area contributed by atoms with E-state index < -0.39 is 6.10 Å². The van der Waals surface area contributed by atoms with E-state index in [1.165, 1.54) is 6.07 Å². The van der Waals surface area contributed by atoms with Crippen molar-refractivity contribution >= 4 is 15.9 Å². The molecule has 0 radical (unpaired) electrons. The molecule has 0 aliphatic heterocycles. The Bertz CT molecular complexity index is 337. The molecule has 0 aliphatic rings. The number of hydrogen-bond donors (Lipinski definition) is 1. The fourth-order valence-electron chi connectivity index (χ4n) is 1.79. The van der Waals surface area contributed by atoms with Gasteiger partial charge in [0.2, 0.25) is 0 Å². The molecule has 1 rings (SSSR count). The monoisotopic (exact) mass is 288 g/mol. The molecule has 1 atom stereocenters. The van der Waals surface area contributed by atoms with Gasteiger partial charge in [-0.15, -0.1) is 0 Å². The van der Waals surface area contributed by atoms with Gasteiger partial charge in [-0.05, 0) is 46.0 Å². The Labute approximate surface area is 105 Å². The third-order valence-corrected chi connectivity index (χ3v) is 3.68. The topological polar surface area (TPSA) is 20.2 Å². The van der Waals surface area contributed by atoms with E-state index in [1.807, 2.05) is 0 Å². The zero-order chi connectivity index (χ0) is 12.1. The van der Waals surface area contributed by atoms with E-state index in [-0.39, 0.29) is 5.82 Å². The third kappa shape index (κ3) is 3.56. The number of hydrogen-bond acceptors (Lipinski definition) is 1. The summed E-state index contributed by atoms with van der Waals surface area (Å²) in [5.41, 5.74) is 0.660. The maximum absolute atomic E-state index is 13.3. The number of halogens is 2. The van der Waals surface area contributed by atoms with Crippen LogP contribution in [0.25, 0.3) is 0 Å². The maximum Gasteiger partial charge on any atom is 0.137 e. The summed E-state index contributed by atoms with van der Waals surface area (Å²) < 4.78 is 13.7. The molecule has 0 bridgehead atoms. The number of aliphatic hydroxyl groups excluding tert-OH is 1. The van der Waals surface area contributed by atoms with Crippen molar-refractivity contribution in [3.05, 3.63) is 34.1 Å². The van der Waals surface area contributed by atoms with E-state index in [0.29, 0.717) is 22.4 Å². The summed E-state index contributed by atoms with van der Waals surface area (Å²) in [6.45, 7) is 4.23. The van der Waals surface area contributed by atoms with E-state index in [9.17, 15) is 9.50 Å². The summed E-state index contributed by atoms with van der Waals surface area (Å²) in [5, 5.41) is 9.99. The number of aliphatic hydroxyl groups is 1. The smallest absolute Gasteiger partial charge is 0.137 e. The molecule has 1 unspecified atom stereocenters. The minimum Gasteiger partial charge on any atom is -0.388 e. The van der Waals surface area contributed by atoms with Gasteiger partial charge in [0.15, 0.2) is 0 Å². The highest BCUT2D eigenvalue weighted by molar-refractivity contribution is 9.10. The van der Waals surface area contributed by atoms with Gasteiger partial charge in [-0.3, -0.25) is 0 Å². The quantitative estimate of drug-likeness (QED) is 0.849. The first-order valence-corrected chi connectivity index (χ1v) is 6.50. The number of rotatable bonds is 5. The van der Waals surface area contributed by atoms with Crippen molar-refractivity contribution in [2.45, 2.75) is 39.2 Å². The minimum atomic E-state index is -0.563. The molecule has 1 N–H and O–H groups in total. The lowest BCUT2D eigenvalue weighted by Gasteiger charge is -2.17. The van der Waals surface area contributed by atoms with Crippen molar-refractivity contribution in [1.82, 2.24) is 0 Å². The average Bonchev–Trinajstić information content (AvgIpc) is 2.29. The van der Waals surface area contributed by atoms with Gasteiger partial charge in [0.05, 0.1) is 10.6 Å². The summed E-state index contributed by atoms with van der Waals surface area (Å²) >= 11 is 3.10. The van der Waals surface area contributed by atoms with Crippen molar-refractivity contribution in [3.63, 3.8) is 0 Å². The van der Waals surface area contributed by atoms with E-state index in [4.69, 9.17) is 0 Å². The summed E-state index contributed by atoms with van der Waals surface area (Å²) in [6.07, 6.45) is 2.24. The largest absolute Gasteiger partial charge is 0.388 e. The standard InChI is InChI=1S/C13H18BrFO/c1-3-9(4-2)7-13(16)10-5-6-11(14)12(15)8-10/h5-6,8-9,13,16H,3-4,7H2,1-2H3. The van der Waals surface area contributed by atoms with Crippen LogP contribution in [0.15, 0.2) is 22.7 Å². The van der Waals surface area contributed by atoms with Crippen LogP contribution in [0.5, 0.6) is 0 Å². The van der Waals surface area contributed by atoms with Crippen molar-refractivity contribution < 1.29 is 9.50 Å². The second-order valence-corrected chi connectivity index (χ2v) is 4.96. The highest BCUT2D eigenvalue weighted by Crippen LogP contribution is 2.27. The highest BCUT2D eigenvalue weighted by Gasteiger charge is 2.14. The lowest BCUT2D eigenvalue weighted by atomic mass is 9.93. The summed E-state index contributed by atoms with van der Waals surface area (Å²) in [7, 11) is 0. The second kappa shape index (κ2) is 6.36. The van der Waals surface area contributed by atoms with Gasteiger partial charge in [-0.2, -0.15) is 0 Å². The van der Waals surface area contributed by atoms with Crippen LogP contribution in [0.4, 0.5) is 4.39 Å². The third-order valence-electron chi connectivity index (χ3n) is 3.04. The van der Waals surface area contributed by atoms with E-state index in [0.717, 1.165) is 12.8 Å². The Morgan fingerprint density at radius 1 is 1.31 bits per heavy atom. The highest BCUT2D eigenvalue weighted by atomic mass is 79.9. The molecule has 0 fully saturated rings. The van der Waals surface area contributed by atoms with Gasteiger partial charge in [0, 0.05) is 0 Å². The predicted octanol–water partition coefficient (Wildman–Crippen LogP) is 4.45. The van der Waals surface area contributed by atoms with Crippen LogP contribution in [0.3, 0.4) is 0 Å². The zero-order valence-electron chi connectivity index (χ0n) is 9.71. The van der Waals surface area contributed by atoms with Crippen LogP contribution < -0.4 is 0 Å². The molecular weight excluding hydrogens is 271 g/mol. The molecule has 16 heavy (non-hydrogen) atoms. The van der Waals surface area contributed by atoms with Gasteiger partial charge < -0.3 is 5.11 Å². The average molecular weight is 289 g/mol. The molecule has 90 valence electrons. The van der Waals surface area contributed by atoms with Crippen LogP contribution in [0, 0.1) is 11.7 Å². The normalized spacial score (nSPS) is 13.1. The Balaban J connectivity index is 2.72.